The molecule has 0 atom stereocenters. The summed E-state index contributed by atoms with van der Waals surface area (Å²) in [4.78, 5) is 0. The predicted octanol–water partition coefficient (Wildman–Crippen LogP) is -0.343. The zero-order chi connectivity index (χ0) is 2.00. The molecule has 0 aliphatic rings. The Kier molecular flexibility index (Phi) is 583. The second-order valence-corrected chi connectivity index (χ2v) is 0. The summed E-state index contributed by atoms with van der Waals surface area (Å²) in [6, 6.07) is 0. The number of hydrazine groups is 1. The van der Waals surface area contributed by atoms with Gasteiger partial charge in [-0.05, 0) is 0 Å². The molecular formula is H6Cl2CrN2Pt. The SMILES string of the molecule is Cl.Cl.NN.[Cr].[Pt]. The van der Waals surface area contributed by atoms with E-state index in [0.29, 0.717) is 0 Å². The Morgan fingerprint density at radius 3 is 0.833 bits per heavy atom. The van der Waals surface area contributed by atoms with Crippen LogP contribution in [-0.2, 0) is 38.4 Å². The summed E-state index contributed by atoms with van der Waals surface area (Å²) in [7, 11) is 0. The summed E-state index contributed by atoms with van der Waals surface area (Å²) >= 11 is 0. The summed E-state index contributed by atoms with van der Waals surface area (Å²) in [5.74, 6) is 8.00. The Bertz CT molecular complexity index is 11.5. The van der Waals surface area contributed by atoms with Crippen LogP contribution in [0.25, 0.3) is 0 Å². The molecule has 2 nitrogen and oxygen atoms in total. The predicted molar refractivity (Wildman–Crippen MR) is 22.9 cm³/mol. The van der Waals surface area contributed by atoms with Crippen LogP contribution < -0.4 is 11.7 Å². The molecule has 0 heterocycles. The number of hydrogen-bond donors (Lipinski definition) is 2. The molecule has 0 fully saturated rings. The smallest absolute Gasteiger partial charge is 0 e. The third kappa shape index (κ3) is 43.1. The summed E-state index contributed by atoms with van der Waals surface area (Å²) in [6.07, 6.45) is 0. The number of rotatable bonds is 0. The molecule has 0 spiro atoms. The van der Waals surface area contributed by atoms with E-state index in [9.17, 15) is 0 Å². The first kappa shape index (κ1) is 47.1. The van der Waals surface area contributed by atoms with Gasteiger partial charge in [-0.15, -0.1) is 24.8 Å². The third-order valence-corrected chi connectivity index (χ3v) is 0. The van der Waals surface area contributed by atoms with Gasteiger partial charge in [0.1, 0.15) is 0 Å². The van der Waals surface area contributed by atoms with Crippen molar-refractivity contribution in [1.29, 1.82) is 0 Å². The molecule has 0 aliphatic carbocycles. The average Bonchev–Trinajstić information content (AvgIpc) is 1.00. The van der Waals surface area contributed by atoms with Crippen molar-refractivity contribution in [3.8, 4) is 0 Å². The van der Waals surface area contributed by atoms with E-state index in [1.54, 1.807) is 0 Å². The maximum Gasteiger partial charge on any atom is 0 e. The number of hydrogen-bond acceptors (Lipinski definition) is 2. The van der Waals surface area contributed by atoms with Gasteiger partial charge >= 0.3 is 0 Å². The monoisotopic (exact) mass is 351 g/mol. The molecule has 0 radical (unpaired) electrons. The van der Waals surface area contributed by atoms with Gasteiger partial charge in [0.25, 0.3) is 0 Å². The van der Waals surface area contributed by atoms with E-state index in [4.69, 9.17) is 0 Å². The Labute approximate surface area is 74.6 Å². The zero-order valence-corrected chi connectivity index (χ0v) is 7.88. The molecule has 0 amide bonds. The largest absolute Gasteiger partial charge is 0.274 e. The van der Waals surface area contributed by atoms with Crippen molar-refractivity contribution in [3.63, 3.8) is 0 Å². The molecule has 0 unspecified atom stereocenters. The Balaban J connectivity index is -0.000000000833. The van der Waals surface area contributed by atoms with Crippen LogP contribution in [-0.4, -0.2) is 0 Å². The molecule has 0 rings (SSSR count). The van der Waals surface area contributed by atoms with Crippen molar-refractivity contribution in [2.24, 2.45) is 11.7 Å². The van der Waals surface area contributed by atoms with Crippen LogP contribution in [0, 0.1) is 0 Å². The minimum Gasteiger partial charge on any atom is -0.274 e. The van der Waals surface area contributed by atoms with Crippen molar-refractivity contribution in [3.05, 3.63) is 0 Å². The van der Waals surface area contributed by atoms with E-state index in [2.05, 4.69) is 11.7 Å². The maximum absolute atomic E-state index is 4.00. The fourth-order valence-electron chi connectivity index (χ4n) is 0. The minimum atomic E-state index is 0. The minimum absolute atomic E-state index is 0. The summed E-state index contributed by atoms with van der Waals surface area (Å²) in [5, 5.41) is 0. The van der Waals surface area contributed by atoms with Gasteiger partial charge in [0.05, 0.1) is 0 Å². The van der Waals surface area contributed by atoms with Gasteiger partial charge in [0.2, 0.25) is 0 Å². The zero-order valence-electron chi connectivity index (χ0n) is 2.70. The van der Waals surface area contributed by atoms with Crippen molar-refractivity contribution in [1.82, 2.24) is 0 Å². The molecule has 0 aromatic rings. The van der Waals surface area contributed by atoms with Gasteiger partial charge in [0, 0.05) is 38.4 Å². The molecule has 6 heteroatoms. The molecule has 46 valence electrons. The Hall–Kier alpha value is 1.72. The first-order valence-electron chi connectivity index (χ1n) is 0.333. The standard InChI is InChI=1S/2ClH.Cr.H4N2.Pt/c;;;1-2;/h2*1H;;1-2H2;. The normalized spacial score (nSPS) is 1.00. The van der Waals surface area contributed by atoms with Crippen LogP contribution in [0.4, 0.5) is 0 Å². The average molecular weight is 352 g/mol. The molecule has 0 aromatic carbocycles. The van der Waals surface area contributed by atoms with Crippen molar-refractivity contribution >= 4 is 24.8 Å². The van der Waals surface area contributed by atoms with E-state index in [-0.39, 0.29) is 63.2 Å². The van der Waals surface area contributed by atoms with Crippen molar-refractivity contribution < 1.29 is 38.4 Å². The topological polar surface area (TPSA) is 52.0 Å². The van der Waals surface area contributed by atoms with Crippen LogP contribution >= 0.6 is 24.8 Å². The summed E-state index contributed by atoms with van der Waals surface area (Å²) in [5.41, 5.74) is 0. The molecule has 0 aliphatic heterocycles. The van der Waals surface area contributed by atoms with E-state index < -0.39 is 0 Å². The summed E-state index contributed by atoms with van der Waals surface area (Å²) < 4.78 is 0. The first-order chi connectivity index (χ1) is 1.00. The molecule has 0 saturated heterocycles. The van der Waals surface area contributed by atoms with E-state index >= 15 is 0 Å². The molecule has 0 bridgehead atoms. The van der Waals surface area contributed by atoms with Gasteiger partial charge in [-0.2, -0.15) is 0 Å². The van der Waals surface area contributed by atoms with Gasteiger partial charge in [-0.3, -0.25) is 11.7 Å². The second-order valence-electron chi connectivity index (χ2n) is 0. The van der Waals surface area contributed by atoms with Crippen LogP contribution in [0.5, 0.6) is 0 Å². The Morgan fingerprint density at radius 2 is 0.833 bits per heavy atom. The van der Waals surface area contributed by atoms with E-state index in [0.717, 1.165) is 0 Å². The quantitative estimate of drug-likeness (QED) is 0.463. The van der Waals surface area contributed by atoms with Crippen LogP contribution in [0.3, 0.4) is 0 Å². The van der Waals surface area contributed by atoms with Gasteiger partial charge in [-0.1, -0.05) is 0 Å². The molecule has 0 aromatic heterocycles. The fraction of sp³-hybridized carbons (Fsp3) is 0. The van der Waals surface area contributed by atoms with Crippen LogP contribution in [0.15, 0.2) is 0 Å². The maximum atomic E-state index is 4.00. The summed E-state index contributed by atoms with van der Waals surface area (Å²) in [6.45, 7) is 0. The molecular weight excluding hydrogens is 346 g/mol. The third-order valence-electron chi connectivity index (χ3n) is 0. The van der Waals surface area contributed by atoms with Gasteiger partial charge in [-0.25, -0.2) is 0 Å². The second kappa shape index (κ2) is 74.3. The molecule has 4 N–H and O–H groups in total. The van der Waals surface area contributed by atoms with Crippen LogP contribution in [0.1, 0.15) is 0 Å². The van der Waals surface area contributed by atoms with E-state index in [1.165, 1.54) is 0 Å². The fourth-order valence-corrected chi connectivity index (χ4v) is 0. The molecule has 0 saturated carbocycles. The van der Waals surface area contributed by atoms with Crippen molar-refractivity contribution in [2.75, 3.05) is 0 Å². The number of halogens is 2. The van der Waals surface area contributed by atoms with E-state index in [1.807, 2.05) is 0 Å². The van der Waals surface area contributed by atoms with Crippen molar-refractivity contribution in [2.45, 2.75) is 0 Å². The Morgan fingerprint density at radius 1 is 0.833 bits per heavy atom. The van der Waals surface area contributed by atoms with Crippen LogP contribution in [0.2, 0.25) is 0 Å². The van der Waals surface area contributed by atoms with Gasteiger partial charge in [0.15, 0.2) is 0 Å². The first-order valence-corrected chi connectivity index (χ1v) is 0.333. The number of nitrogens with two attached hydrogens (primary N) is 2. The molecule has 6 heavy (non-hydrogen) atoms. The van der Waals surface area contributed by atoms with Gasteiger partial charge < -0.3 is 0 Å².